The number of rotatable bonds is 4. The Labute approximate surface area is 177 Å². The zero-order chi connectivity index (χ0) is 22.0. The van der Waals surface area contributed by atoms with E-state index in [2.05, 4.69) is 80.7 Å². The fourth-order valence-electron chi connectivity index (χ4n) is 4.11. The molecule has 0 atom stereocenters. The molecule has 2 aromatic carbocycles. The van der Waals surface area contributed by atoms with Gasteiger partial charge in [-0.2, -0.15) is 0 Å². The predicted octanol–water partition coefficient (Wildman–Crippen LogP) is 4.18. The smallest absolute Gasteiger partial charge is 0.351 e. The fourth-order valence-corrected chi connectivity index (χ4v) is 4.11. The number of methoxy groups -OCH3 is 1. The van der Waals surface area contributed by atoms with E-state index in [1.54, 1.807) is 0 Å². The second-order valence-corrected chi connectivity index (χ2v) is 7.70. The van der Waals surface area contributed by atoms with Crippen molar-refractivity contribution in [2.75, 3.05) is 7.11 Å². The van der Waals surface area contributed by atoms with Crippen LogP contribution in [0.2, 0.25) is 0 Å². The molecule has 0 aliphatic carbocycles. The van der Waals surface area contributed by atoms with E-state index in [0.29, 0.717) is 5.62 Å². The van der Waals surface area contributed by atoms with Gasteiger partial charge < -0.3 is 4.74 Å². The summed E-state index contributed by atoms with van der Waals surface area (Å²) in [5.74, 6) is -0.547. The number of carbonyl (C=O) groups is 1. The Kier molecular flexibility index (Phi) is 6.06. The van der Waals surface area contributed by atoms with E-state index < -0.39 is 5.97 Å². The van der Waals surface area contributed by atoms with Gasteiger partial charge in [-0.1, -0.05) is 35.4 Å². The first-order valence-corrected chi connectivity index (χ1v) is 9.84. The molecule has 6 nitrogen and oxygen atoms in total. The minimum Gasteiger partial charge on any atom is -0.465 e. The number of hydrogen-bond acceptors (Lipinski definition) is 4. The second kappa shape index (κ2) is 8.53. The first-order valence-electron chi connectivity index (χ1n) is 9.84. The fraction of sp³-hybridized carbons (Fsp3) is 0.292. The maximum atomic E-state index is 11.5. The molecule has 1 heterocycles. The van der Waals surface area contributed by atoms with Crippen molar-refractivity contribution in [2.24, 2.45) is 10.2 Å². The number of aromatic nitrogens is 2. The summed E-state index contributed by atoms with van der Waals surface area (Å²) in [5.41, 5.74) is 9.68. The summed E-state index contributed by atoms with van der Waals surface area (Å²) in [6.07, 6.45) is 5.04. The Hall–Kier alpha value is -3.41. The quantitative estimate of drug-likeness (QED) is 0.372. The van der Waals surface area contributed by atoms with Crippen molar-refractivity contribution in [3.05, 3.63) is 75.7 Å². The van der Waals surface area contributed by atoms with E-state index in [4.69, 9.17) is 0 Å². The summed E-state index contributed by atoms with van der Waals surface area (Å²) in [6.45, 7) is 12.5. The molecule has 0 aliphatic rings. The summed E-state index contributed by atoms with van der Waals surface area (Å²) in [6, 6.07) is 8.60. The maximum Gasteiger partial charge on any atom is 0.351 e. The third-order valence-corrected chi connectivity index (χ3v) is 5.06. The van der Waals surface area contributed by atoms with Crippen molar-refractivity contribution in [1.29, 1.82) is 0 Å². The van der Waals surface area contributed by atoms with Crippen molar-refractivity contribution >= 4 is 12.2 Å². The Morgan fingerprint density at radius 2 is 1.20 bits per heavy atom. The molecule has 3 rings (SSSR count). The lowest BCUT2D eigenvalue weighted by molar-refractivity contribution is -0.132. The van der Waals surface area contributed by atoms with Gasteiger partial charge in [-0.05, 0) is 63.8 Å². The zero-order valence-corrected chi connectivity index (χ0v) is 18.6. The highest BCUT2D eigenvalue weighted by atomic mass is 16.5. The largest absolute Gasteiger partial charge is 0.465 e. The average molecular weight is 405 g/mol. The topological polar surface area (TPSA) is 60.9 Å². The lowest BCUT2D eigenvalue weighted by Gasteiger charge is -2.15. The van der Waals surface area contributed by atoms with Crippen LogP contribution >= 0.6 is 0 Å². The number of aryl methyl sites for hydroxylation is 6. The van der Waals surface area contributed by atoms with Crippen LogP contribution in [0, 0.1) is 41.5 Å². The SMILES string of the molecule is COC(=O)/C=N/N=c1n(-c2c(C)cc(C)cc2C)ccn1-c1c(C)cc(C)cc1C. The van der Waals surface area contributed by atoms with E-state index in [9.17, 15) is 4.79 Å². The Morgan fingerprint density at radius 3 is 1.57 bits per heavy atom. The van der Waals surface area contributed by atoms with Crippen LogP contribution in [0.4, 0.5) is 0 Å². The molecule has 0 bridgehead atoms. The Balaban J connectivity index is 2.33. The minimum absolute atomic E-state index is 0.547. The van der Waals surface area contributed by atoms with Gasteiger partial charge in [0.05, 0.1) is 18.5 Å². The summed E-state index contributed by atoms with van der Waals surface area (Å²) >= 11 is 0. The number of ether oxygens (including phenoxy) is 1. The van der Waals surface area contributed by atoms with Gasteiger partial charge in [0, 0.05) is 12.4 Å². The Morgan fingerprint density at radius 1 is 0.800 bits per heavy atom. The van der Waals surface area contributed by atoms with Crippen LogP contribution in [0.5, 0.6) is 0 Å². The zero-order valence-electron chi connectivity index (χ0n) is 18.6. The molecule has 0 aliphatic heterocycles. The molecule has 0 fully saturated rings. The third-order valence-electron chi connectivity index (χ3n) is 5.06. The maximum absolute atomic E-state index is 11.5. The predicted molar refractivity (Wildman–Crippen MR) is 120 cm³/mol. The van der Waals surface area contributed by atoms with Crippen molar-refractivity contribution in [3.8, 4) is 11.4 Å². The van der Waals surface area contributed by atoms with Gasteiger partial charge in [0.1, 0.15) is 6.21 Å². The number of nitrogens with zero attached hydrogens (tertiary/aromatic N) is 4. The first kappa shape index (κ1) is 21.3. The van der Waals surface area contributed by atoms with Gasteiger partial charge in [-0.15, -0.1) is 10.2 Å². The molecule has 30 heavy (non-hydrogen) atoms. The van der Waals surface area contributed by atoms with Crippen molar-refractivity contribution < 1.29 is 9.53 Å². The van der Waals surface area contributed by atoms with Gasteiger partial charge in [0.15, 0.2) is 0 Å². The molecule has 1 aromatic heterocycles. The highest BCUT2D eigenvalue weighted by molar-refractivity contribution is 6.22. The lowest BCUT2D eigenvalue weighted by atomic mass is 10.0. The van der Waals surface area contributed by atoms with E-state index in [0.717, 1.165) is 39.8 Å². The number of imidazole rings is 1. The van der Waals surface area contributed by atoms with Crippen LogP contribution in [-0.4, -0.2) is 28.4 Å². The van der Waals surface area contributed by atoms with Crippen molar-refractivity contribution in [1.82, 2.24) is 9.13 Å². The van der Waals surface area contributed by atoms with E-state index in [1.165, 1.54) is 18.2 Å². The molecule has 0 amide bonds. The van der Waals surface area contributed by atoms with Crippen LogP contribution in [0.1, 0.15) is 33.4 Å². The summed E-state index contributed by atoms with van der Waals surface area (Å²) in [4.78, 5) is 11.5. The molecular formula is C24H28N4O2. The van der Waals surface area contributed by atoms with Gasteiger partial charge in [-0.3, -0.25) is 9.13 Å². The molecule has 3 aromatic rings. The number of hydrogen-bond donors (Lipinski definition) is 0. The van der Waals surface area contributed by atoms with Crippen LogP contribution in [-0.2, 0) is 9.53 Å². The summed E-state index contributed by atoms with van der Waals surface area (Å²) < 4.78 is 8.66. The van der Waals surface area contributed by atoms with Crippen molar-refractivity contribution in [3.63, 3.8) is 0 Å². The molecule has 0 unspecified atom stereocenters. The summed E-state index contributed by atoms with van der Waals surface area (Å²) in [5, 5.41) is 8.41. The molecule has 0 saturated heterocycles. The highest BCUT2D eigenvalue weighted by Gasteiger charge is 2.14. The monoisotopic (exact) mass is 404 g/mol. The van der Waals surface area contributed by atoms with Gasteiger partial charge in [-0.25, -0.2) is 4.79 Å². The third kappa shape index (κ3) is 4.13. The van der Waals surface area contributed by atoms with Crippen LogP contribution in [0.25, 0.3) is 11.4 Å². The molecule has 156 valence electrons. The standard InChI is InChI=1S/C24H28N4O2/c1-15-10-17(3)22(18(4)11-15)27-8-9-28(24(27)26-25-14-21(29)30-7)23-19(5)12-16(2)13-20(23)6/h8-14H,1-7H3/b25-14+. The van der Waals surface area contributed by atoms with Crippen molar-refractivity contribution in [2.45, 2.75) is 41.5 Å². The van der Waals surface area contributed by atoms with Gasteiger partial charge in [0.2, 0.25) is 5.62 Å². The molecule has 0 radical (unpaired) electrons. The Bertz CT molecular complexity index is 1090. The normalized spacial score (nSPS) is 11.2. The van der Waals surface area contributed by atoms with Crippen LogP contribution in [0.15, 0.2) is 46.9 Å². The van der Waals surface area contributed by atoms with Crippen LogP contribution in [0.3, 0.4) is 0 Å². The highest BCUT2D eigenvalue weighted by Crippen LogP contribution is 2.23. The van der Waals surface area contributed by atoms with Gasteiger partial charge in [0.25, 0.3) is 0 Å². The summed E-state index contributed by atoms with van der Waals surface area (Å²) in [7, 11) is 1.31. The second-order valence-electron chi connectivity index (χ2n) is 7.70. The average Bonchev–Trinajstić information content (AvgIpc) is 3.03. The first-order chi connectivity index (χ1) is 14.2. The van der Waals surface area contributed by atoms with E-state index in [1.807, 2.05) is 21.5 Å². The van der Waals surface area contributed by atoms with E-state index in [-0.39, 0.29) is 0 Å². The minimum atomic E-state index is -0.547. The molecule has 0 spiro atoms. The molecular weight excluding hydrogens is 376 g/mol. The van der Waals surface area contributed by atoms with Gasteiger partial charge >= 0.3 is 5.97 Å². The van der Waals surface area contributed by atoms with E-state index >= 15 is 0 Å². The molecule has 0 N–H and O–H groups in total. The molecule has 6 heteroatoms. The number of esters is 1. The van der Waals surface area contributed by atoms with Crippen LogP contribution < -0.4 is 5.62 Å². The number of carbonyl (C=O) groups excluding carboxylic acids is 1. The number of benzene rings is 2. The molecule has 0 saturated carbocycles. The lowest BCUT2D eigenvalue weighted by Crippen LogP contribution is -2.25.